The summed E-state index contributed by atoms with van der Waals surface area (Å²) >= 11 is 0. The standard InChI is InChI=1S/C12H13NO4/c1-7(14)10(12(16)17)13-6-8-4-2-3-5-9(8)11(13)15/h2-5,7,10,14H,6H2,1H3,(H,16,17)/t7-,10+/m1/s1. The van der Waals surface area contributed by atoms with E-state index in [4.69, 9.17) is 5.11 Å². The number of carboxylic acid groups (broad SMARTS) is 1. The number of aliphatic carboxylic acids is 1. The minimum Gasteiger partial charge on any atom is -0.480 e. The predicted molar refractivity (Wildman–Crippen MR) is 59.4 cm³/mol. The van der Waals surface area contributed by atoms with Crippen LogP contribution in [0.4, 0.5) is 0 Å². The van der Waals surface area contributed by atoms with Crippen LogP contribution in [0.2, 0.25) is 0 Å². The summed E-state index contributed by atoms with van der Waals surface area (Å²) in [6.07, 6.45) is -1.11. The number of nitrogens with zero attached hydrogens (tertiary/aromatic N) is 1. The molecule has 0 fully saturated rings. The van der Waals surface area contributed by atoms with Crippen LogP contribution in [-0.4, -0.2) is 39.1 Å². The Hall–Kier alpha value is -1.88. The normalized spacial score (nSPS) is 17.8. The van der Waals surface area contributed by atoms with E-state index in [9.17, 15) is 14.7 Å². The first-order valence-corrected chi connectivity index (χ1v) is 5.32. The number of rotatable bonds is 3. The van der Waals surface area contributed by atoms with Crippen molar-refractivity contribution in [3.8, 4) is 0 Å². The summed E-state index contributed by atoms with van der Waals surface area (Å²) in [6, 6.07) is 5.79. The van der Waals surface area contributed by atoms with Gasteiger partial charge < -0.3 is 15.1 Å². The van der Waals surface area contributed by atoms with Gasteiger partial charge in [-0.3, -0.25) is 4.79 Å². The number of aliphatic hydroxyl groups excluding tert-OH is 1. The fraction of sp³-hybridized carbons (Fsp3) is 0.333. The van der Waals surface area contributed by atoms with E-state index < -0.39 is 18.1 Å². The zero-order valence-corrected chi connectivity index (χ0v) is 9.33. The Bertz CT molecular complexity index is 469. The first-order chi connectivity index (χ1) is 8.02. The van der Waals surface area contributed by atoms with E-state index in [0.717, 1.165) is 5.56 Å². The van der Waals surface area contributed by atoms with Crippen LogP contribution in [0.5, 0.6) is 0 Å². The minimum absolute atomic E-state index is 0.233. The van der Waals surface area contributed by atoms with Crippen LogP contribution in [0.1, 0.15) is 22.8 Å². The van der Waals surface area contributed by atoms with Crippen LogP contribution in [0.25, 0.3) is 0 Å². The lowest BCUT2D eigenvalue weighted by atomic mass is 10.1. The van der Waals surface area contributed by atoms with Gasteiger partial charge in [0.05, 0.1) is 6.10 Å². The second kappa shape index (κ2) is 4.18. The molecule has 1 amide bonds. The molecule has 1 aromatic rings. The number of carbonyl (C=O) groups excluding carboxylic acids is 1. The number of carboxylic acids is 1. The third kappa shape index (κ3) is 1.89. The van der Waals surface area contributed by atoms with Crippen LogP contribution >= 0.6 is 0 Å². The van der Waals surface area contributed by atoms with Gasteiger partial charge in [-0.25, -0.2) is 4.79 Å². The van der Waals surface area contributed by atoms with Crippen molar-refractivity contribution in [2.45, 2.75) is 25.6 Å². The quantitative estimate of drug-likeness (QED) is 0.798. The third-order valence-corrected chi connectivity index (χ3v) is 2.90. The van der Waals surface area contributed by atoms with Gasteiger partial charge in [0.15, 0.2) is 6.04 Å². The summed E-state index contributed by atoms with van der Waals surface area (Å²) in [5, 5.41) is 18.5. The molecule has 1 aliphatic heterocycles. The smallest absolute Gasteiger partial charge is 0.329 e. The Kier molecular flexibility index (Phi) is 2.85. The summed E-state index contributed by atoms with van der Waals surface area (Å²) in [6.45, 7) is 1.60. The molecule has 2 rings (SSSR count). The molecule has 0 radical (unpaired) electrons. The van der Waals surface area contributed by atoms with Crippen LogP contribution in [-0.2, 0) is 11.3 Å². The molecule has 1 heterocycles. The summed E-state index contributed by atoms with van der Waals surface area (Å²) < 4.78 is 0. The molecule has 0 bridgehead atoms. The van der Waals surface area contributed by atoms with Crippen molar-refractivity contribution in [1.82, 2.24) is 4.90 Å². The van der Waals surface area contributed by atoms with Crippen molar-refractivity contribution in [2.75, 3.05) is 0 Å². The molecule has 2 atom stereocenters. The highest BCUT2D eigenvalue weighted by Gasteiger charge is 2.38. The van der Waals surface area contributed by atoms with Gasteiger partial charge >= 0.3 is 5.97 Å². The van der Waals surface area contributed by atoms with Crippen molar-refractivity contribution in [3.63, 3.8) is 0 Å². The largest absolute Gasteiger partial charge is 0.480 e. The highest BCUT2D eigenvalue weighted by molar-refractivity contribution is 6.00. The highest BCUT2D eigenvalue weighted by atomic mass is 16.4. The number of aliphatic hydroxyl groups is 1. The van der Waals surface area contributed by atoms with Gasteiger partial charge in [0.1, 0.15) is 0 Å². The van der Waals surface area contributed by atoms with Gasteiger partial charge in [-0.2, -0.15) is 0 Å². The molecule has 0 spiro atoms. The van der Waals surface area contributed by atoms with Crippen molar-refractivity contribution in [1.29, 1.82) is 0 Å². The topological polar surface area (TPSA) is 77.8 Å². The van der Waals surface area contributed by atoms with Crippen molar-refractivity contribution < 1.29 is 19.8 Å². The van der Waals surface area contributed by atoms with E-state index in [0.29, 0.717) is 5.56 Å². The van der Waals surface area contributed by atoms with Gasteiger partial charge in [0, 0.05) is 12.1 Å². The summed E-state index contributed by atoms with van der Waals surface area (Å²) in [5.74, 6) is -1.53. The van der Waals surface area contributed by atoms with Crippen LogP contribution < -0.4 is 0 Å². The fourth-order valence-corrected chi connectivity index (χ4v) is 2.10. The van der Waals surface area contributed by atoms with Gasteiger partial charge in [-0.05, 0) is 18.6 Å². The van der Waals surface area contributed by atoms with Gasteiger partial charge in [0.2, 0.25) is 0 Å². The second-order valence-corrected chi connectivity index (χ2v) is 4.11. The van der Waals surface area contributed by atoms with E-state index >= 15 is 0 Å². The van der Waals surface area contributed by atoms with Gasteiger partial charge in [0.25, 0.3) is 5.91 Å². The molecule has 5 nitrogen and oxygen atoms in total. The van der Waals surface area contributed by atoms with Crippen LogP contribution in [0.3, 0.4) is 0 Å². The Morgan fingerprint density at radius 1 is 1.41 bits per heavy atom. The lowest BCUT2D eigenvalue weighted by molar-refractivity contribution is -0.146. The van der Waals surface area contributed by atoms with Crippen molar-refractivity contribution in [3.05, 3.63) is 35.4 Å². The number of hydrogen-bond donors (Lipinski definition) is 2. The Balaban J connectivity index is 2.33. The molecule has 1 aliphatic rings. The van der Waals surface area contributed by atoms with Crippen molar-refractivity contribution >= 4 is 11.9 Å². The molecule has 17 heavy (non-hydrogen) atoms. The highest BCUT2D eigenvalue weighted by Crippen LogP contribution is 2.25. The van der Waals surface area contributed by atoms with E-state index in [1.165, 1.54) is 11.8 Å². The molecular formula is C12H13NO4. The molecule has 1 aromatic carbocycles. The maximum absolute atomic E-state index is 12.0. The Morgan fingerprint density at radius 2 is 2.06 bits per heavy atom. The number of benzene rings is 1. The number of amides is 1. The van der Waals surface area contributed by atoms with Crippen LogP contribution in [0, 0.1) is 0 Å². The molecule has 0 aromatic heterocycles. The molecule has 0 saturated heterocycles. The van der Waals surface area contributed by atoms with Gasteiger partial charge in [-0.15, -0.1) is 0 Å². The predicted octanol–water partition coefficient (Wildman–Crippen LogP) is 0.476. The molecule has 0 unspecified atom stereocenters. The number of fused-ring (bicyclic) bond motifs is 1. The molecule has 0 aliphatic carbocycles. The average Bonchev–Trinajstić information content (AvgIpc) is 2.56. The molecular weight excluding hydrogens is 222 g/mol. The summed E-state index contributed by atoms with van der Waals surface area (Å²) in [4.78, 5) is 24.3. The fourth-order valence-electron chi connectivity index (χ4n) is 2.10. The van der Waals surface area contributed by atoms with E-state index in [-0.39, 0.29) is 12.5 Å². The summed E-state index contributed by atoms with van der Waals surface area (Å²) in [5.41, 5.74) is 1.31. The average molecular weight is 235 g/mol. The SMILES string of the molecule is C[C@@H](O)[C@@H](C(=O)O)N1Cc2ccccc2C1=O. The minimum atomic E-state index is -1.20. The Morgan fingerprint density at radius 3 is 2.59 bits per heavy atom. The zero-order valence-electron chi connectivity index (χ0n) is 9.33. The maximum atomic E-state index is 12.0. The Labute approximate surface area is 98.3 Å². The zero-order chi connectivity index (χ0) is 12.6. The van der Waals surface area contributed by atoms with E-state index in [2.05, 4.69) is 0 Å². The summed E-state index contributed by atoms with van der Waals surface area (Å²) in [7, 11) is 0. The van der Waals surface area contributed by atoms with E-state index in [1.807, 2.05) is 0 Å². The molecule has 90 valence electrons. The first-order valence-electron chi connectivity index (χ1n) is 5.32. The molecule has 0 saturated carbocycles. The monoisotopic (exact) mass is 235 g/mol. The molecule has 5 heteroatoms. The van der Waals surface area contributed by atoms with Gasteiger partial charge in [-0.1, -0.05) is 18.2 Å². The van der Waals surface area contributed by atoms with Crippen LogP contribution in [0.15, 0.2) is 24.3 Å². The van der Waals surface area contributed by atoms with E-state index in [1.54, 1.807) is 24.3 Å². The lowest BCUT2D eigenvalue weighted by Crippen LogP contribution is -2.48. The molecule has 2 N–H and O–H groups in total. The maximum Gasteiger partial charge on any atom is 0.329 e. The third-order valence-electron chi connectivity index (χ3n) is 2.90. The first kappa shape index (κ1) is 11.6. The number of hydrogen-bond acceptors (Lipinski definition) is 3. The second-order valence-electron chi connectivity index (χ2n) is 4.11. The number of carbonyl (C=O) groups is 2. The van der Waals surface area contributed by atoms with Crippen molar-refractivity contribution in [2.24, 2.45) is 0 Å². The lowest BCUT2D eigenvalue weighted by Gasteiger charge is -2.26.